The van der Waals surface area contributed by atoms with Gasteiger partial charge in [-0.25, -0.2) is 4.98 Å². The van der Waals surface area contributed by atoms with Crippen LogP contribution in [0.2, 0.25) is 0 Å². The van der Waals surface area contributed by atoms with Gasteiger partial charge < -0.3 is 9.09 Å². The maximum absolute atomic E-state index is 5.22. The molecule has 2 heterocycles. The van der Waals surface area contributed by atoms with Crippen molar-refractivity contribution in [1.29, 1.82) is 0 Å². The molecule has 3 rings (SSSR count). The molecule has 0 amide bonds. The zero-order valence-corrected chi connectivity index (χ0v) is 9.47. The van der Waals surface area contributed by atoms with Gasteiger partial charge in [-0.15, -0.1) is 0 Å². The second-order valence-electron chi connectivity index (χ2n) is 4.36. The van der Waals surface area contributed by atoms with Crippen LogP contribution >= 0.6 is 0 Å². The summed E-state index contributed by atoms with van der Waals surface area (Å²) in [6, 6.07) is 0. The SMILES string of the molecule is Cc1ncn(Cc2nc(C3CC3)no2)c1C. The predicted octanol–water partition coefficient (Wildman–Crippen LogP) is 1.81. The lowest BCUT2D eigenvalue weighted by Gasteiger charge is -1.99. The molecule has 5 nitrogen and oxygen atoms in total. The Bertz CT molecular complexity index is 510. The zero-order valence-electron chi connectivity index (χ0n) is 9.47. The van der Waals surface area contributed by atoms with Crippen LogP contribution in [0, 0.1) is 13.8 Å². The van der Waals surface area contributed by atoms with E-state index in [0.29, 0.717) is 18.4 Å². The average Bonchev–Trinajstić information content (AvgIpc) is 2.96. The Labute approximate surface area is 93.5 Å². The van der Waals surface area contributed by atoms with E-state index in [1.807, 2.05) is 24.7 Å². The molecule has 0 atom stereocenters. The van der Waals surface area contributed by atoms with Gasteiger partial charge in [0, 0.05) is 11.6 Å². The van der Waals surface area contributed by atoms with Crippen LogP contribution in [0.3, 0.4) is 0 Å². The third-order valence-corrected chi connectivity index (χ3v) is 3.08. The highest BCUT2D eigenvalue weighted by molar-refractivity contribution is 5.10. The monoisotopic (exact) mass is 218 g/mol. The fourth-order valence-corrected chi connectivity index (χ4v) is 1.69. The van der Waals surface area contributed by atoms with Crippen LogP contribution in [-0.4, -0.2) is 19.7 Å². The largest absolute Gasteiger partial charge is 0.337 e. The first-order valence-corrected chi connectivity index (χ1v) is 5.55. The quantitative estimate of drug-likeness (QED) is 0.788. The Balaban J connectivity index is 1.80. The number of imidazole rings is 1. The van der Waals surface area contributed by atoms with Crippen molar-refractivity contribution in [3.05, 3.63) is 29.4 Å². The number of aryl methyl sites for hydroxylation is 1. The molecule has 1 aliphatic rings. The van der Waals surface area contributed by atoms with Gasteiger partial charge in [-0.2, -0.15) is 4.98 Å². The fourth-order valence-electron chi connectivity index (χ4n) is 1.69. The molecular formula is C11H14N4O. The van der Waals surface area contributed by atoms with Crippen LogP contribution in [0.5, 0.6) is 0 Å². The second-order valence-corrected chi connectivity index (χ2v) is 4.36. The van der Waals surface area contributed by atoms with Gasteiger partial charge in [0.1, 0.15) is 6.54 Å². The Kier molecular flexibility index (Phi) is 2.05. The van der Waals surface area contributed by atoms with Crippen molar-refractivity contribution >= 4 is 0 Å². The summed E-state index contributed by atoms with van der Waals surface area (Å²) < 4.78 is 7.25. The van der Waals surface area contributed by atoms with Gasteiger partial charge >= 0.3 is 0 Å². The van der Waals surface area contributed by atoms with Crippen molar-refractivity contribution in [2.24, 2.45) is 0 Å². The van der Waals surface area contributed by atoms with E-state index in [-0.39, 0.29) is 0 Å². The summed E-state index contributed by atoms with van der Waals surface area (Å²) in [4.78, 5) is 8.63. The molecule has 0 spiro atoms. The van der Waals surface area contributed by atoms with E-state index in [1.54, 1.807) is 0 Å². The highest BCUT2D eigenvalue weighted by Gasteiger charge is 2.28. The lowest BCUT2D eigenvalue weighted by Crippen LogP contribution is -2.01. The number of nitrogens with zero attached hydrogens (tertiary/aromatic N) is 4. The van der Waals surface area contributed by atoms with Crippen molar-refractivity contribution in [1.82, 2.24) is 19.7 Å². The highest BCUT2D eigenvalue weighted by Crippen LogP contribution is 2.38. The van der Waals surface area contributed by atoms with E-state index in [2.05, 4.69) is 15.1 Å². The molecule has 0 bridgehead atoms. The molecule has 1 saturated carbocycles. The summed E-state index contributed by atoms with van der Waals surface area (Å²) in [6.07, 6.45) is 4.20. The van der Waals surface area contributed by atoms with Crippen molar-refractivity contribution in [3.63, 3.8) is 0 Å². The number of rotatable bonds is 3. The van der Waals surface area contributed by atoms with E-state index < -0.39 is 0 Å². The number of aromatic nitrogens is 4. The Morgan fingerprint density at radius 1 is 1.44 bits per heavy atom. The summed E-state index contributed by atoms with van der Waals surface area (Å²) in [6.45, 7) is 4.65. The smallest absolute Gasteiger partial charge is 0.246 e. The van der Waals surface area contributed by atoms with Crippen molar-refractivity contribution in [3.8, 4) is 0 Å². The molecule has 0 N–H and O–H groups in total. The maximum atomic E-state index is 5.22. The van der Waals surface area contributed by atoms with Gasteiger partial charge in [0.15, 0.2) is 5.82 Å². The third-order valence-electron chi connectivity index (χ3n) is 3.08. The molecule has 0 aromatic carbocycles. The molecule has 5 heteroatoms. The second kappa shape index (κ2) is 3.43. The summed E-state index contributed by atoms with van der Waals surface area (Å²) >= 11 is 0. The molecule has 84 valence electrons. The third kappa shape index (κ3) is 1.62. The molecule has 1 fully saturated rings. The van der Waals surface area contributed by atoms with Gasteiger partial charge in [0.2, 0.25) is 5.89 Å². The first-order valence-electron chi connectivity index (χ1n) is 5.55. The predicted molar refractivity (Wildman–Crippen MR) is 57.1 cm³/mol. The van der Waals surface area contributed by atoms with E-state index in [1.165, 1.54) is 12.8 Å². The average molecular weight is 218 g/mol. The number of hydrogen-bond donors (Lipinski definition) is 0. The van der Waals surface area contributed by atoms with Crippen LogP contribution in [0.15, 0.2) is 10.9 Å². The van der Waals surface area contributed by atoms with Crippen LogP contribution in [-0.2, 0) is 6.54 Å². The molecular weight excluding hydrogens is 204 g/mol. The Morgan fingerprint density at radius 2 is 2.25 bits per heavy atom. The molecule has 2 aromatic rings. The fraction of sp³-hybridized carbons (Fsp3) is 0.545. The highest BCUT2D eigenvalue weighted by atomic mass is 16.5. The molecule has 16 heavy (non-hydrogen) atoms. The molecule has 0 aliphatic heterocycles. The van der Waals surface area contributed by atoms with E-state index in [4.69, 9.17) is 4.52 Å². The Hall–Kier alpha value is -1.65. The summed E-state index contributed by atoms with van der Waals surface area (Å²) in [5, 5.41) is 3.99. The van der Waals surface area contributed by atoms with Crippen LogP contribution < -0.4 is 0 Å². The van der Waals surface area contributed by atoms with Crippen molar-refractivity contribution < 1.29 is 4.52 Å². The van der Waals surface area contributed by atoms with Crippen molar-refractivity contribution in [2.75, 3.05) is 0 Å². The van der Waals surface area contributed by atoms with Gasteiger partial charge in [0.25, 0.3) is 0 Å². The molecule has 1 aliphatic carbocycles. The first kappa shape index (κ1) is 9.57. The summed E-state index contributed by atoms with van der Waals surface area (Å²) in [5.41, 5.74) is 2.19. The zero-order chi connectivity index (χ0) is 11.1. The Morgan fingerprint density at radius 3 is 2.88 bits per heavy atom. The van der Waals surface area contributed by atoms with Gasteiger partial charge in [0.05, 0.1) is 12.0 Å². The van der Waals surface area contributed by atoms with E-state index >= 15 is 0 Å². The lowest BCUT2D eigenvalue weighted by atomic mass is 10.4. The van der Waals surface area contributed by atoms with Gasteiger partial charge in [-0.1, -0.05) is 5.16 Å². The summed E-state index contributed by atoms with van der Waals surface area (Å²) in [7, 11) is 0. The minimum atomic E-state index is 0.545. The molecule has 0 unspecified atom stereocenters. The molecule has 0 radical (unpaired) electrons. The minimum Gasteiger partial charge on any atom is -0.337 e. The van der Waals surface area contributed by atoms with Gasteiger partial charge in [-0.05, 0) is 26.7 Å². The lowest BCUT2D eigenvalue weighted by molar-refractivity contribution is 0.365. The first-order chi connectivity index (χ1) is 7.74. The topological polar surface area (TPSA) is 56.7 Å². The minimum absolute atomic E-state index is 0.545. The summed E-state index contributed by atoms with van der Waals surface area (Å²) in [5.74, 6) is 2.08. The van der Waals surface area contributed by atoms with E-state index in [0.717, 1.165) is 17.2 Å². The maximum Gasteiger partial charge on any atom is 0.246 e. The van der Waals surface area contributed by atoms with Gasteiger partial charge in [-0.3, -0.25) is 0 Å². The van der Waals surface area contributed by atoms with Crippen LogP contribution in [0.25, 0.3) is 0 Å². The normalized spacial score (nSPS) is 15.6. The molecule has 0 saturated heterocycles. The number of hydrogen-bond acceptors (Lipinski definition) is 4. The standard InChI is InChI=1S/C11H14N4O/c1-7-8(2)15(6-12-7)5-10-13-11(14-16-10)9-3-4-9/h6,9H,3-5H2,1-2H3. The van der Waals surface area contributed by atoms with E-state index in [9.17, 15) is 0 Å². The van der Waals surface area contributed by atoms with Crippen LogP contribution in [0.1, 0.15) is 41.9 Å². The van der Waals surface area contributed by atoms with Crippen LogP contribution in [0.4, 0.5) is 0 Å². The van der Waals surface area contributed by atoms with Crippen molar-refractivity contribution in [2.45, 2.75) is 39.2 Å². The molecule has 2 aromatic heterocycles.